The fraction of sp³-hybridized carbons (Fsp3) is 0.667. The van der Waals surface area contributed by atoms with Crippen molar-refractivity contribution in [1.29, 1.82) is 0 Å². The molecule has 0 heterocycles. The molecule has 0 aromatic heterocycles. The van der Waals surface area contributed by atoms with E-state index in [4.69, 9.17) is 0 Å². The largest absolute Gasteiger partial charge is 0.508 e. The topological polar surface area (TPSA) is 20.2 Å². The fourth-order valence-corrected chi connectivity index (χ4v) is 3.33. The van der Waals surface area contributed by atoms with Crippen LogP contribution in [0.15, 0.2) is 24.3 Å². The van der Waals surface area contributed by atoms with Crippen LogP contribution in [0.1, 0.15) is 64.4 Å². The minimum absolute atomic E-state index is 0.288. The zero-order valence-electron chi connectivity index (χ0n) is 12.5. The third-order valence-corrected chi connectivity index (χ3v) is 4.61. The number of hydrogen-bond acceptors (Lipinski definition) is 1. The molecule has 0 saturated heterocycles. The summed E-state index contributed by atoms with van der Waals surface area (Å²) in [6.45, 7) is 4.67. The van der Waals surface area contributed by atoms with Crippen molar-refractivity contribution in [3.05, 3.63) is 29.8 Å². The second-order valence-corrected chi connectivity index (χ2v) is 7.01. The minimum Gasteiger partial charge on any atom is -0.508 e. The van der Waals surface area contributed by atoms with Crippen LogP contribution in [0.4, 0.5) is 0 Å². The number of aromatic hydroxyl groups is 1. The van der Waals surface area contributed by atoms with Gasteiger partial charge >= 0.3 is 0 Å². The Kier molecular flexibility index (Phi) is 4.90. The van der Waals surface area contributed by atoms with Crippen molar-refractivity contribution in [2.24, 2.45) is 11.3 Å². The lowest BCUT2D eigenvalue weighted by Gasteiger charge is -2.29. The highest BCUT2D eigenvalue weighted by atomic mass is 16.3. The second kappa shape index (κ2) is 6.45. The van der Waals surface area contributed by atoms with Crippen molar-refractivity contribution >= 4 is 0 Å². The molecule has 0 aliphatic heterocycles. The van der Waals surface area contributed by atoms with Gasteiger partial charge in [-0.15, -0.1) is 0 Å². The van der Waals surface area contributed by atoms with E-state index in [0.29, 0.717) is 5.75 Å². The van der Waals surface area contributed by atoms with E-state index in [1.165, 1.54) is 44.9 Å². The van der Waals surface area contributed by atoms with E-state index in [-0.39, 0.29) is 5.41 Å². The third kappa shape index (κ3) is 4.56. The van der Waals surface area contributed by atoms with Gasteiger partial charge in [-0.3, -0.25) is 0 Å². The summed E-state index contributed by atoms with van der Waals surface area (Å²) in [5, 5.41) is 9.89. The quantitative estimate of drug-likeness (QED) is 0.759. The van der Waals surface area contributed by atoms with Crippen LogP contribution >= 0.6 is 0 Å². The molecule has 0 unspecified atom stereocenters. The summed E-state index contributed by atoms with van der Waals surface area (Å²) < 4.78 is 0. The van der Waals surface area contributed by atoms with Gasteiger partial charge in [0.05, 0.1) is 0 Å². The Hall–Kier alpha value is -0.980. The van der Waals surface area contributed by atoms with E-state index < -0.39 is 0 Å². The predicted octanol–water partition coefficient (Wildman–Crippen LogP) is 5.32. The maximum atomic E-state index is 9.89. The SMILES string of the molecule is CC(C)(CCC1CCCCC1)Cc1ccccc1O. The Bertz CT molecular complexity index is 388. The molecule has 0 spiro atoms. The molecule has 2 rings (SSSR count). The van der Waals surface area contributed by atoms with Crippen LogP contribution in [0, 0.1) is 11.3 Å². The van der Waals surface area contributed by atoms with Crippen molar-refractivity contribution in [2.75, 3.05) is 0 Å². The Labute approximate surface area is 118 Å². The van der Waals surface area contributed by atoms with Gasteiger partial charge in [0.25, 0.3) is 0 Å². The summed E-state index contributed by atoms with van der Waals surface area (Å²) in [5.41, 5.74) is 1.38. The van der Waals surface area contributed by atoms with Crippen LogP contribution in [0.3, 0.4) is 0 Å². The van der Waals surface area contributed by atoms with E-state index in [1.54, 1.807) is 6.07 Å². The van der Waals surface area contributed by atoms with Gasteiger partial charge < -0.3 is 5.11 Å². The zero-order chi connectivity index (χ0) is 13.7. The number of para-hydroxylation sites is 1. The molecule has 1 saturated carbocycles. The lowest BCUT2D eigenvalue weighted by Crippen LogP contribution is -2.18. The van der Waals surface area contributed by atoms with E-state index in [2.05, 4.69) is 19.9 Å². The molecule has 1 aromatic rings. The normalized spacial score (nSPS) is 17.6. The van der Waals surface area contributed by atoms with Crippen LogP contribution < -0.4 is 0 Å². The molecular formula is C18H28O. The molecule has 1 heteroatoms. The van der Waals surface area contributed by atoms with Gasteiger partial charge in [0, 0.05) is 0 Å². The highest BCUT2D eigenvalue weighted by Crippen LogP contribution is 2.35. The second-order valence-electron chi connectivity index (χ2n) is 7.01. The summed E-state index contributed by atoms with van der Waals surface area (Å²) in [6.07, 6.45) is 10.8. The molecule has 0 radical (unpaired) electrons. The van der Waals surface area contributed by atoms with E-state index in [9.17, 15) is 5.11 Å². The average molecular weight is 260 g/mol. The van der Waals surface area contributed by atoms with Gasteiger partial charge in [0.1, 0.15) is 5.75 Å². The molecule has 1 aliphatic rings. The molecule has 1 fully saturated rings. The molecule has 1 nitrogen and oxygen atoms in total. The van der Waals surface area contributed by atoms with Gasteiger partial charge in [0.2, 0.25) is 0 Å². The van der Waals surface area contributed by atoms with Crippen molar-refractivity contribution in [1.82, 2.24) is 0 Å². The summed E-state index contributed by atoms with van der Waals surface area (Å²) in [5.74, 6) is 1.41. The van der Waals surface area contributed by atoms with E-state index >= 15 is 0 Å². The lowest BCUT2D eigenvalue weighted by molar-refractivity contribution is 0.254. The van der Waals surface area contributed by atoms with Gasteiger partial charge in [0.15, 0.2) is 0 Å². The molecule has 19 heavy (non-hydrogen) atoms. The molecule has 0 bridgehead atoms. The van der Waals surface area contributed by atoms with Crippen LogP contribution in [-0.2, 0) is 6.42 Å². The summed E-state index contributed by atoms with van der Waals surface area (Å²) in [4.78, 5) is 0. The Balaban J connectivity index is 1.85. The molecule has 1 aromatic carbocycles. The van der Waals surface area contributed by atoms with Crippen molar-refractivity contribution < 1.29 is 5.11 Å². The lowest BCUT2D eigenvalue weighted by atomic mass is 9.77. The summed E-state index contributed by atoms with van der Waals surface area (Å²) in [7, 11) is 0. The Morgan fingerprint density at radius 3 is 2.47 bits per heavy atom. The van der Waals surface area contributed by atoms with Crippen molar-refractivity contribution in [3.8, 4) is 5.75 Å². The summed E-state index contributed by atoms with van der Waals surface area (Å²) >= 11 is 0. The smallest absolute Gasteiger partial charge is 0.118 e. The maximum absolute atomic E-state index is 9.89. The van der Waals surface area contributed by atoms with Gasteiger partial charge in [-0.2, -0.15) is 0 Å². The maximum Gasteiger partial charge on any atom is 0.118 e. The third-order valence-electron chi connectivity index (χ3n) is 4.61. The first-order chi connectivity index (χ1) is 9.07. The van der Waals surface area contributed by atoms with Gasteiger partial charge in [-0.1, -0.05) is 64.2 Å². The molecule has 106 valence electrons. The monoisotopic (exact) mass is 260 g/mol. The number of benzene rings is 1. The van der Waals surface area contributed by atoms with E-state index in [1.807, 2.05) is 12.1 Å². The van der Waals surface area contributed by atoms with Crippen LogP contribution in [0.5, 0.6) is 5.75 Å². The highest BCUT2D eigenvalue weighted by Gasteiger charge is 2.22. The average Bonchev–Trinajstić information content (AvgIpc) is 2.40. The van der Waals surface area contributed by atoms with Crippen LogP contribution in [0.25, 0.3) is 0 Å². The van der Waals surface area contributed by atoms with Crippen molar-refractivity contribution in [2.45, 2.75) is 65.2 Å². The minimum atomic E-state index is 0.288. The number of hydrogen-bond donors (Lipinski definition) is 1. The Morgan fingerprint density at radius 2 is 1.79 bits per heavy atom. The van der Waals surface area contributed by atoms with Crippen molar-refractivity contribution in [3.63, 3.8) is 0 Å². The van der Waals surface area contributed by atoms with Gasteiger partial charge in [-0.25, -0.2) is 0 Å². The first-order valence-electron chi connectivity index (χ1n) is 7.84. The highest BCUT2D eigenvalue weighted by molar-refractivity contribution is 5.32. The number of rotatable bonds is 5. The molecule has 0 atom stereocenters. The predicted molar refractivity (Wildman–Crippen MR) is 81.4 cm³/mol. The Morgan fingerprint density at radius 1 is 1.11 bits per heavy atom. The van der Waals surface area contributed by atoms with Crippen LogP contribution in [0.2, 0.25) is 0 Å². The molecule has 1 N–H and O–H groups in total. The van der Waals surface area contributed by atoms with E-state index in [0.717, 1.165) is 17.9 Å². The number of phenols is 1. The first-order valence-corrected chi connectivity index (χ1v) is 7.84. The zero-order valence-corrected chi connectivity index (χ0v) is 12.5. The van der Waals surface area contributed by atoms with Crippen LogP contribution in [-0.4, -0.2) is 5.11 Å². The molecular weight excluding hydrogens is 232 g/mol. The molecule has 1 aliphatic carbocycles. The van der Waals surface area contributed by atoms with Gasteiger partial charge in [-0.05, 0) is 42.2 Å². The standard InChI is InChI=1S/C18H28O/c1-18(2,13-12-15-8-4-3-5-9-15)14-16-10-6-7-11-17(16)19/h6-7,10-11,15,19H,3-5,8-9,12-14H2,1-2H3. The summed E-state index contributed by atoms with van der Waals surface area (Å²) in [6, 6.07) is 7.77. The first kappa shape index (κ1) is 14.4. The number of phenolic OH excluding ortho intramolecular Hbond substituents is 1. The fourth-order valence-electron chi connectivity index (χ4n) is 3.33. The molecule has 0 amide bonds.